The lowest BCUT2D eigenvalue weighted by Crippen LogP contribution is -2.36. The van der Waals surface area contributed by atoms with Crippen molar-refractivity contribution in [2.45, 2.75) is 44.2 Å². The Morgan fingerprint density at radius 1 is 1.33 bits per heavy atom. The van der Waals surface area contributed by atoms with E-state index in [-0.39, 0.29) is 18.6 Å². The molecule has 1 aliphatic heterocycles. The molecule has 1 amide bonds. The maximum absolute atomic E-state index is 11.5. The maximum atomic E-state index is 11.5. The number of carbonyl (C=O) groups is 1. The van der Waals surface area contributed by atoms with Crippen LogP contribution in [0.25, 0.3) is 0 Å². The number of nitrogens with one attached hydrogen (secondary N) is 2. The van der Waals surface area contributed by atoms with Crippen LogP contribution in [-0.4, -0.2) is 37.7 Å². The lowest BCUT2D eigenvalue weighted by Gasteiger charge is -2.14. The topological polar surface area (TPSA) is 50.4 Å². The van der Waals surface area contributed by atoms with Gasteiger partial charge in [0.25, 0.3) is 0 Å². The number of hydrogen-bond donors (Lipinski definition) is 2. The molecule has 0 aromatic carbocycles. The average Bonchev–Trinajstić information content (AvgIpc) is 2.86. The van der Waals surface area contributed by atoms with Crippen LogP contribution >= 0.6 is 0 Å². The Labute approximate surface area is 90.8 Å². The molecule has 15 heavy (non-hydrogen) atoms. The molecule has 86 valence electrons. The van der Waals surface area contributed by atoms with Crippen molar-refractivity contribution in [3.63, 3.8) is 0 Å². The summed E-state index contributed by atoms with van der Waals surface area (Å²) in [6, 6.07) is 0.405. The summed E-state index contributed by atoms with van der Waals surface area (Å²) in [6.45, 7) is 2.12. The Hall–Kier alpha value is -0.610. The maximum Gasteiger partial charge on any atom is 0.246 e. The molecule has 0 aromatic heterocycles. The van der Waals surface area contributed by atoms with E-state index in [1.54, 1.807) is 0 Å². The highest BCUT2D eigenvalue weighted by Crippen LogP contribution is 2.17. The van der Waals surface area contributed by atoms with Crippen LogP contribution < -0.4 is 10.6 Å². The van der Waals surface area contributed by atoms with E-state index >= 15 is 0 Å². The highest BCUT2D eigenvalue weighted by atomic mass is 16.5. The van der Waals surface area contributed by atoms with Crippen LogP contribution in [0.1, 0.15) is 32.1 Å². The fourth-order valence-corrected chi connectivity index (χ4v) is 2.30. The highest BCUT2D eigenvalue weighted by Gasteiger charge is 2.19. The summed E-state index contributed by atoms with van der Waals surface area (Å²) in [5.41, 5.74) is 0. The van der Waals surface area contributed by atoms with Crippen LogP contribution in [-0.2, 0) is 9.53 Å². The van der Waals surface area contributed by atoms with Gasteiger partial charge in [0.2, 0.25) is 5.91 Å². The first-order chi connectivity index (χ1) is 7.34. The first kappa shape index (κ1) is 10.9. The molecule has 2 fully saturated rings. The van der Waals surface area contributed by atoms with Crippen molar-refractivity contribution < 1.29 is 9.53 Å². The number of ether oxygens (including phenoxy) is 1. The quantitative estimate of drug-likeness (QED) is 0.710. The third kappa shape index (κ3) is 3.47. The molecule has 2 N–H and O–H groups in total. The minimum absolute atomic E-state index is 0.0498. The van der Waals surface area contributed by atoms with Crippen molar-refractivity contribution in [3.8, 4) is 0 Å². The van der Waals surface area contributed by atoms with Crippen LogP contribution in [0.3, 0.4) is 0 Å². The molecule has 0 aromatic rings. The van der Waals surface area contributed by atoms with Gasteiger partial charge < -0.3 is 15.4 Å². The summed E-state index contributed by atoms with van der Waals surface area (Å²) in [4.78, 5) is 11.5. The molecule has 2 rings (SSSR count). The minimum Gasteiger partial charge on any atom is -0.367 e. The van der Waals surface area contributed by atoms with E-state index in [2.05, 4.69) is 10.6 Å². The van der Waals surface area contributed by atoms with Gasteiger partial charge in [0, 0.05) is 12.6 Å². The van der Waals surface area contributed by atoms with Crippen LogP contribution in [0, 0.1) is 0 Å². The van der Waals surface area contributed by atoms with Crippen LogP contribution in [0.4, 0.5) is 0 Å². The van der Waals surface area contributed by atoms with Gasteiger partial charge in [-0.15, -0.1) is 0 Å². The fraction of sp³-hybridized carbons (Fsp3) is 0.909. The number of carbonyl (C=O) groups excluding carboxylic acids is 1. The molecule has 0 spiro atoms. The monoisotopic (exact) mass is 212 g/mol. The summed E-state index contributed by atoms with van der Waals surface area (Å²) in [5.74, 6) is 0.0498. The van der Waals surface area contributed by atoms with Gasteiger partial charge in [0.1, 0.15) is 6.61 Å². The van der Waals surface area contributed by atoms with Gasteiger partial charge in [-0.1, -0.05) is 12.8 Å². The second-order valence-electron chi connectivity index (χ2n) is 4.47. The normalized spacial score (nSPS) is 27.1. The second kappa shape index (κ2) is 5.47. The summed E-state index contributed by atoms with van der Waals surface area (Å²) < 4.78 is 5.50. The summed E-state index contributed by atoms with van der Waals surface area (Å²) in [7, 11) is 0. The smallest absolute Gasteiger partial charge is 0.246 e. The van der Waals surface area contributed by atoms with Crippen molar-refractivity contribution in [3.05, 3.63) is 0 Å². The van der Waals surface area contributed by atoms with Gasteiger partial charge in [-0.3, -0.25) is 4.79 Å². The number of amides is 1. The summed E-state index contributed by atoms with van der Waals surface area (Å²) in [5, 5.41) is 6.23. The van der Waals surface area contributed by atoms with E-state index in [1.165, 1.54) is 12.8 Å². The lowest BCUT2D eigenvalue weighted by molar-refractivity contribution is -0.128. The average molecular weight is 212 g/mol. The first-order valence-electron chi connectivity index (χ1n) is 5.96. The third-order valence-electron chi connectivity index (χ3n) is 3.19. The van der Waals surface area contributed by atoms with Gasteiger partial charge in [-0.25, -0.2) is 0 Å². The van der Waals surface area contributed by atoms with Gasteiger partial charge in [-0.05, 0) is 25.8 Å². The molecule has 1 unspecified atom stereocenters. The van der Waals surface area contributed by atoms with Crippen LogP contribution in [0.2, 0.25) is 0 Å². The minimum atomic E-state index is 0.0498. The Bertz CT molecular complexity index is 209. The molecule has 4 heteroatoms. The van der Waals surface area contributed by atoms with Crippen molar-refractivity contribution in [1.82, 2.24) is 10.6 Å². The van der Waals surface area contributed by atoms with Gasteiger partial charge >= 0.3 is 0 Å². The Balaban J connectivity index is 1.59. The Kier molecular flexibility index (Phi) is 3.97. The van der Waals surface area contributed by atoms with Crippen molar-refractivity contribution in [1.29, 1.82) is 0 Å². The predicted molar refractivity (Wildman–Crippen MR) is 57.6 cm³/mol. The van der Waals surface area contributed by atoms with Gasteiger partial charge in [0.15, 0.2) is 0 Å². The molecule has 1 aliphatic carbocycles. The third-order valence-corrected chi connectivity index (χ3v) is 3.19. The molecule has 1 heterocycles. The molecule has 4 nitrogen and oxygen atoms in total. The zero-order valence-corrected chi connectivity index (χ0v) is 9.13. The van der Waals surface area contributed by atoms with Crippen molar-refractivity contribution in [2.75, 3.05) is 19.7 Å². The molecule has 1 saturated carbocycles. The predicted octanol–water partition coefficient (Wildman–Crippen LogP) is 0.424. The largest absolute Gasteiger partial charge is 0.367 e. The van der Waals surface area contributed by atoms with Crippen LogP contribution in [0.15, 0.2) is 0 Å². The van der Waals surface area contributed by atoms with E-state index < -0.39 is 0 Å². The van der Waals surface area contributed by atoms with Crippen molar-refractivity contribution >= 4 is 5.91 Å². The zero-order valence-electron chi connectivity index (χ0n) is 9.13. The summed E-state index contributed by atoms with van der Waals surface area (Å²) >= 11 is 0. The fourth-order valence-electron chi connectivity index (χ4n) is 2.30. The van der Waals surface area contributed by atoms with Crippen LogP contribution in [0.5, 0.6) is 0 Å². The van der Waals surface area contributed by atoms with E-state index in [4.69, 9.17) is 4.74 Å². The van der Waals surface area contributed by atoms with Crippen molar-refractivity contribution in [2.24, 2.45) is 0 Å². The first-order valence-corrected chi connectivity index (χ1v) is 5.96. The molecule has 0 bridgehead atoms. The highest BCUT2D eigenvalue weighted by molar-refractivity contribution is 5.77. The molecule has 1 saturated heterocycles. The van der Waals surface area contributed by atoms with E-state index in [0.717, 1.165) is 32.4 Å². The molecule has 1 atom stereocenters. The zero-order chi connectivity index (χ0) is 10.5. The van der Waals surface area contributed by atoms with E-state index in [9.17, 15) is 4.79 Å². The lowest BCUT2D eigenvalue weighted by atomic mass is 10.2. The number of rotatable bonds is 4. The van der Waals surface area contributed by atoms with E-state index in [1.807, 2.05) is 0 Å². The second-order valence-corrected chi connectivity index (χ2v) is 4.47. The Morgan fingerprint density at radius 2 is 2.13 bits per heavy atom. The molecular weight excluding hydrogens is 192 g/mol. The standard InChI is InChI=1S/C11H20N2O2/c14-11(13-9-3-1-2-4-9)8-15-10-5-6-12-7-10/h9-10,12H,1-8H2,(H,13,14). The Morgan fingerprint density at radius 3 is 2.80 bits per heavy atom. The summed E-state index contributed by atoms with van der Waals surface area (Å²) in [6.07, 6.45) is 6.03. The molecule has 0 radical (unpaired) electrons. The number of hydrogen-bond acceptors (Lipinski definition) is 3. The van der Waals surface area contributed by atoms with Gasteiger partial charge in [-0.2, -0.15) is 0 Å². The van der Waals surface area contributed by atoms with E-state index in [0.29, 0.717) is 6.04 Å². The SMILES string of the molecule is O=C(COC1CCNC1)NC1CCCC1. The molecule has 2 aliphatic rings. The molecular formula is C11H20N2O2. The van der Waals surface area contributed by atoms with Gasteiger partial charge in [0.05, 0.1) is 6.10 Å².